The van der Waals surface area contributed by atoms with Crippen molar-refractivity contribution in [1.29, 1.82) is 0 Å². The Bertz CT molecular complexity index is 3860. The minimum absolute atomic E-state index is 0.593. The summed E-state index contributed by atoms with van der Waals surface area (Å²) in [5.41, 5.74) is 9.96. The number of fused-ring (bicyclic) bond motifs is 6. The maximum Gasteiger partial charge on any atom is 0.179 e. The molecule has 0 aliphatic heterocycles. The van der Waals surface area contributed by atoms with Crippen molar-refractivity contribution < 1.29 is 4.42 Å². The number of benzene rings is 10. The van der Waals surface area contributed by atoms with Crippen LogP contribution in [0.3, 0.4) is 0 Å². The van der Waals surface area contributed by atoms with Gasteiger partial charge in [-0.15, -0.1) is 0 Å². The molecule has 13 aromatic rings. The van der Waals surface area contributed by atoms with Gasteiger partial charge in [0.2, 0.25) is 0 Å². The highest BCUT2D eigenvalue weighted by Crippen LogP contribution is 2.38. The molecule has 0 spiro atoms. The lowest BCUT2D eigenvalue weighted by atomic mass is 9.98. The molecule has 324 valence electrons. The first-order valence-electron chi connectivity index (χ1n) is 23.3. The smallest absolute Gasteiger partial charge is 0.179 e. The van der Waals surface area contributed by atoms with Gasteiger partial charge in [-0.1, -0.05) is 200 Å². The molecular formula is C63H42N4OSi. The second-order valence-electron chi connectivity index (χ2n) is 17.5. The Hall–Kier alpha value is -8.97. The normalized spacial score (nSPS) is 11.8. The second-order valence-corrected chi connectivity index (χ2v) is 21.3. The number of para-hydroxylation sites is 3. The maximum absolute atomic E-state index is 6.32. The second kappa shape index (κ2) is 16.7. The Balaban J connectivity index is 1.000. The average molecular weight is 899 g/mol. The fraction of sp³-hybridized carbons (Fsp3) is 0. The predicted octanol–water partition coefficient (Wildman–Crippen LogP) is 12.9. The molecule has 13 rings (SSSR count). The highest BCUT2D eigenvalue weighted by molar-refractivity contribution is 7.19. The lowest BCUT2D eigenvalue weighted by Gasteiger charge is -2.34. The van der Waals surface area contributed by atoms with Crippen LogP contribution in [-0.4, -0.2) is 27.6 Å². The third-order valence-electron chi connectivity index (χ3n) is 13.6. The van der Waals surface area contributed by atoms with Gasteiger partial charge in [0, 0.05) is 43.9 Å². The summed E-state index contributed by atoms with van der Waals surface area (Å²) in [7, 11) is -2.85. The van der Waals surface area contributed by atoms with E-state index in [1.165, 1.54) is 31.5 Å². The predicted molar refractivity (Wildman–Crippen MR) is 287 cm³/mol. The number of rotatable bonds is 9. The summed E-state index contributed by atoms with van der Waals surface area (Å²) in [6, 6.07) is 90.8. The van der Waals surface area contributed by atoms with Crippen LogP contribution in [0, 0.1) is 0 Å². The van der Waals surface area contributed by atoms with E-state index in [1.807, 2.05) is 18.2 Å². The molecule has 0 aliphatic rings. The van der Waals surface area contributed by atoms with Crippen LogP contribution in [0.5, 0.6) is 0 Å². The van der Waals surface area contributed by atoms with Gasteiger partial charge in [0.25, 0.3) is 0 Å². The van der Waals surface area contributed by atoms with Gasteiger partial charge in [-0.2, -0.15) is 0 Å². The van der Waals surface area contributed by atoms with E-state index in [0.29, 0.717) is 17.5 Å². The molecule has 6 heteroatoms. The van der Waals surface area contributed by atoms with Gasteiger partial charge in [0.15, 0.2) is 25.5 Å². The molecule has 3 heterocycles. The maximum atomic E-state index is 6.32. The Kier molecular flexibility index (Phi) is 9.77. The fourth-order valence-electron chi connectivity index (χ4n) is 10.5. The van der Waals surface area contributed by atoms with E-state index in [9.17, 15) is 0 Å². The number of hydrogen-bond acceptors (Lipinski definition) is 4. The van der Waals surface area contributed by atoms with Gasteiger partial charge in [-0.25, -0.2) is 15.0 Å². The molecule has 10 aromatic carbocycles. The highest BCUT2D eigenvalue weighted by atomic mass is 28.3. The molecule has 0 saturated carbocycles. The molecule has 0 atom stereocenters. The average Bonchev–Trinajstić information content (AvgIpc) is 3.98. The van der Waals surface area contributed by atoms with Gasteiger partial charge in [0.05, 0.1) is 11.0 Å². The van der Waals surface area contributed by atoms with Crippen molar-refractivity contribution in [3.63, 3.8) is 0 Å². The monoisotopic (exact) mass is 898 g/mol. The van der Waals surface area contributed by atoms with Gasteiger partial charge in [-0.3, -0.25) is 0 Å². The molecule has 0 saturated heterocycles. The third-order valence-corrected chi connectivity index (χ3v) is 18.4. The molecule has 0 N–H and O–H groups in total. The summed E-state index contributed by atoms with van der Waals surface area (Å²) in [6.07, 6.45) is 0. The summed E-state index contributed by atoms with van der Waals surface area (Å²) >= 11 is 0. The van der Waals surface area contributed by atoms with Crippen molar-refractivity contribution in [3.8, 4) is 51.0 Å². The van der Waals surface area contributed by atoms with Crippen LogP contribution in [-0.2, 0) is 0 Å². The summed E-state index contributed by atoms with van der Waals surface area (Å²) in [6.45, 7) is 0. The quantitative estimate of drug-likeness (QED) is 0.107. The third kappa shape index (κ3) is 6.80. The van der Waals surface area contributed by atoms with E-state index in [4.69, 9.17) is 19.4 Å². The van der Waals surface area contributed by atoms with Crippen LogP contribution in [0.4, 0.5) is 0 Å². The Morgan fingerprint density at radius 2 is 0.768 bits per heavy atom. The van der Waals surface area contributed by atoms with Crippen LogP contribution in [0.15, 0.2) is 259 Å². The summed E-state index contributed by atoms with van der Waals surface area (Å²) < 4.78 is 8.65. The largest absolute Gasteiger partial charge is 0.456 e. The van der Waals surface area contributed by atoms with E-state index >= 15 is 0 Å². The first kappa shape index (κ1) is 40.3. The number of furan rings is 1. The van der Waals surface area contributed by atoms with E-state index in [1.54, 1.807) is 0 Å². The standard InChI is InChI=1S/C63H42N4OSi/c1-4-22-48(23-5-1)69(49-24-6-2-7-25-49,50-26-8-3-9-27-50)51-28-17-21-46(42-51)63-65-61(43-37-39-47(40-38-43)67-56-33-13-10-29-53(56)54-30-11-14-34-57(54)67)64-62(66-63)45-20-16-19-44(41-45)52-32-18-36-59-60(52)55-31-12-15-35-58(55)68-59/h1-42H. The molecule has 69 heavy (non-hydrogen) atoms. The lowest BCUT2D eigenvalue weighted by molar-refractivity contribution is 0.669. The first-order chi connectivity index (χ1) is 34.2. The fourth-order valence-corrected chi connectivity index (χ4v) is 15.3. The first-order valence-corrected chi connectivity index (χ1v) is 25.3. The van der Waals surface area contributed by atoms with E-state index in [2.05, 4.69) is 241 Å². The summed E-state index contributed by atoms with van der Waals surface area (Å²) in [5, 5.41) is 9.78. The zero-order chi connectivity index (χ0) is 45.7. The molecule has 5 nitrogen and oxygen atoms in total. The van der Waals surface area contributed by atoms with Crippen LogP contribution >= 0.6 is 0 Å². The van der Waals surface area contributed by atoms with Crippen molar-refractivity contribution >= 4 is 72.6 Å². The molecular weight excluding hydrogens is 857 g/mol. The zero-order valence-corrected chi connectivity index (χ0v) is 38.4. The highest BCUT2D eigenvalue weighted by Gasteiger charge is 2.41. The zero-order valence-electron chi connectivity index (χ0n) is 37.4. The molecule has 0 amide bonds. The summed E-state index contributed by atoms with van der Waals surface area (Å²) in [5.74, 6) is 1.80. The van der Waals surface area contributed by atoms with Gasteiger partial charge in [0.1, 0.15) is 11.2 Å². The number of aromatic nitrogens is 4. The molecule has 0 unspecified atom stereocenters. The number of hydrogen-bond donors (Lipinski definition) is 0. The summed E-state index contributed by atoms with van der Waals surface area (Å²) in [4.78, 5) is 16.0. The van der Waals surface area contributed by atoms with E-state index in [0.717, 1.165) is 66.5 Å². The van der Waals surface area contributed by atoms with Crippen molar-refractivity contribution in [2.45, 2.75) is 0 Å². The van der Waals surface area contributed by atoms with Crippen LogP contribution in [0.25, 0.3) is 94.7 Å². The topological polar surface area (TPSA) is 56.7 Å². The minimum atomic E-state index is -2.85. The van der Waals surface area contributed by atoms with Crippen LogP contribution in [0.2, 0.25) is 0 Å². The Morgan fingerprint density at radius 3 is 1.38 bits per heavy atom. The van der Waals surface area contributed by atoms with Crippen LogP contribution < -0.4 is 20.7 Å². The SMILES string of the molecule is c1ccc([Si](c2ccccc2)(c2ccccc2)c2cccc(-c3nc(-c4ccc(-n5c6ccccc6c6ccccc65)cc4)nc(-c4cccc(-c5cccc6oc7ccccc7c56)c4)n3)c2)cc1. The number of nitrogens with zero attached hydrogens (tertiary/aromatic N) is 4. The van der Waals surface area contributed by atoms with Crippen molar-refractivity contribution in [2.24, 2.45) is 0 Å². The van der Waals surface area contributed by atoms with Crippen LogP contribution in [0.1, 0.15) is 0 Å². The molecule has 0 radical (unpaired) electrons. The van der Waals surface area contributed by atoms with E-state index < -0.39 is 8.07 Å². The molecule has 0 bridgehead atoms. The lowest BCUT2D eigenvalue weighted by Crippen LogP contribution is -2.74. The van der Waals surface area contributed by atoms with Crippen molar-refractivity contribution in [1.82, 2.24) is 19.5 Å². The van der Waals surface area contributed by atoms with Crippen molar-refractivity contribution in [2.75, 3.05) is 0 Å². The molecule has 0 aliphatic carbocycles. The Morgan fingerprint density at radius 1 is 0.319 bits per heavy atom. The van der Waals surface area contributed by atoms with Crippen molar-refractivity contribution in [3.05, 3.63) is 255 Å². The van der Waals surface area contributed by atoms with Gasteiger partial charge >= 0.3 is 0 Å². The minimum Gasteiger partial charge on any atom is -0.456 e. The molecule has 0 fully saturated rings. The van der Waals surface area contributed by atoms with E-state index in [-0.39, 0.29) is 0 Å². The molecule has 3 aromatic heterocycles. The Labute approximate surface area is 400 Å². The van der Waals surface area contributed by atoms with Gasteiger partial charge in [-0.05, 0) is 86.5 Å². The van der Waals surface area contributed by atoms with Gasteiger partial charge < -0.3 is 8.98 Å².